The molecule has 120 valence electrons. The summed E-state index contributed by atoms with van der Waals surface area (Å²) >= 11 is 0. The van der Waals surface area contributed by atoms with Gasteiger partial charge in [-0.2, -0.15) is 0 Å². The highest BCUT2D eigenvalue weighted by Crippen LogP contribution is 2.34. The van der Waals surface area contributed by atoms with E-state index in [-0.39, 0.29) is 17.4 Å². The first-order valence-corrected chi connectivity index (χ1v) is 7.52. The average molecular weight is 314 g/mol. The minimum atomic E-state index is -0.757. The molecule has 23 heavy (non-hydrogen) atoms. The van der Waals surface area contributed by atoms with Crippen molar-refractivity contribution in [1.29, 1.82) is 0 Å². The van der Waals surface area contributed by atoms with Crippen molar-refractivity contribution in [3.63, 3.8) is 0 Å². The highest BCUT2D eigenvalue weighted by molar-refractivity contribution is 5.96. The molecule has 3 rings (SSSR count). The maximum Gasteiger partial charge on any atom is 0.326 e. The molecule has 1 amide bonds. The quantitative estimate of drug-likeness (QED) is 0.666. The Balaban J connectivity index is 1.70. The van der Waals surface area contributed by atoms with E-state index in [4.69, 9.17) is 5.73 Å². The number of nitrogen functional groups attached to an aromatic ring is 1. The number of carbonyl (C=O) groups is 1. The fraction of sp³-hybridized carbons (Fsp3) is 0.312. The third-order valence-electron chi connectivity index (χ3n) is 4.25. The van der Waals surface area contributed by atoms with Gasteiger partial charge >= 0.3 is 5.69 Å². The van der Waals surface area contributed by atoms with Crippen LogP contribution in [0.5, 0.6) is 0 Å². The lowest BCUT2D eigenvalue weighted by Gasteiger charge is -2.14. The lowest BCUT2D eigenvalue weighted by atomic mass is 9.98. The van der Waals surface area contributed by atoms with Crippen molar-refractivity contribution >= 4 is 11.6 Å². The van der Waals surface area contributed by atoms with E-state index in [0.29, 0.717) is 5.92 Å². The Bertz CT molecular complexity index is 825. The molecule has 0 spiro atoms. The molecule has 0 bridgehead atoms. The highest BCUT2D eigenvalue weighted by atomic mass is 16.2. The van der Waals surface area contributed by atoms with E-state index in [1.54, 1.807) is 0 Å². The van der Waals surface area contributed by atoms with Gasteiger partial charge in [-0.3, -0.25) is 14.6 Å². The fourth-order valence-corrected chi connectivity index (χ4v) is 3.07. The summed E-state index contributed by atoms with van der Waals surface area (Å²) in [4.78, 5) is 39.3. The fourth-order valence-electron chi connectivity index (χ4n) is 3.07. The second kappa shape index (κ2) is 6.12. The van der Waals surface area contributed by atoms with Gasteiger partial charge in [0.2, 0.25) is 0 Å². The van der Waals surface area contributed by atoms with Gasteiger partial charge in [0.25, 0.3) is 11.5 Å². The van der Waals surface area contributed by atoms with Crippen molar-refractivity contribution in [2.45, 2.75) is 31.2 Å². The van der Waals surface area contributed by atoms with Gasteiger partial charge in [0.05, 0.1) is 0 Å². The largest absolute Gasteiger partial charge is 0.392 e. The molecule has 1 aromatic heterocycles. The van der Waals surface area contributed by atoms with Crippen molar-refractivity contribution < 1.29 is 4.79 Å². The number of rotatable bonds is 3. The number of hydrogen-bond acceptors (Lipinski definition) is 4. The molecule has 1 aromatic carbocycles. The first-order valence-electron chi connectivity index (χ1n) is 7.52. The van der Waals surface area contributed by atoms with Gasteiger partial charge in [0, 0.05) is 6.04 Å². The second-order valence-electron chi connectivity index (χ2n) is 5.79. The van der Waals surface area contributed by atoms with E-state index in [1.807, 2.05) is 23.2 Å². The van der Waals surface area contributed by atoms with Crippen molar-refractivity contribution in [3.8, 4) is 0 Å². The maximum atomic E-state index is 12.3. The molecule has 2 aromatic rings. The van der Waals surface area contributed by atoms with Crippen LogP contribution in [0.15, 0.2) is 39.9 Å². The van der Waals surface area contributed by atoms with Gasteiger partial charge in [-0.1, -0.05) is 30.3 Å². The zero-order valence-corrected chi connectivity index (χ0v) is 12.5. The molecule has 7 nitrogen and oxygen atoms in total. The van der Waals surface area contributed by atoms with Crippen molar-refractivity contribution in [1.82, 2.24) is 15.3 Å². The number of nitrogens with one attached hydrogen (secondary N) is 3. The summed E-state index contributed by atoms with van der Waals surface area (Å²) in [6, 6.07) is 10.1. The van der Waals surface area contributed by atoms with Crippen LogP contribution in [0.4, 0.5) is 5.69 Å². The van der Waals surface area contributed by atoms with Gasteiger partial charge in [-0.05, 0) is 30.7 Å². The van der Waals surface area contributed by atoms with E-state index in [0.717, 1.165) is 19.3 Å². The molecule has 0 aliphatic heterocycles. The summed E-state index contributed by atoms with van der Waals surface area (Å²) in [5, 5.41) is 2.85. The predicted octanol–water partition coefficient (Wildman–Crippen LogP) is 0.712. The molecule has 0 unspecified atom stereocenters. The van der Waals surface area contributed by atoms with Crippen molar-refractivity contribution in [2.75, 3.05) is 5.73 Å². The monoisotopic (exact) mass is 314 g/mol. The third-order valence-corrected chi connectivity index (χ3v) is 4.25. The van der Waals surface area contributed by atoms with Crippen LogP contribution in [0.3, 0.4) is 0 Å². The Morgan fingerprint density at radius 2 is 1.87 bits per heavy atom. The van der Waals surface area contributed by atoms with Crippen molar-refractivity contribution in [2.24, 2.45) is 0 Å². The normalized spacial score (nSPS) is 20.3. The number of carbonyl (C=O) groups excluding carboxylic acids is 1. The standard InChI is InChI=1S/C16H18N4O3/c17-12-13(19-16(23)20-14(12)21)15(22)18-11-7-6-10(8-11)9-4-2-1-3-5-9/h1-5,10-11H,6-8,17H2,(H,18,22)(H2,19,20,21,23)/t10-,11+/m0/s1. The highest BCUT2D eigenvalue weighted by Gasteiger charge is 2.28. The molecule has 2 atom stereocenters. The maximum absolute atomic E-state index is 12.3. The van der Waals surface area contributed by atoms with Crippen molar-refractivity contribution in [3.05, 3.63) is 62.4 Å². The van der Waals surface area contributed by atoms with Gasteiger partial charge in [-0.25, -0.2) is 4.79 Å². The van der Waals surface area contributed by atoms with E-state index < -0.39 is 17.2 Å². The predicted molar refractivity (Wildman–Crippen MR) is 86.4 cm³/mol. The van der Waals surface area contributed by atoms with Crippen LogP contribution in [-0.2, 0) is 0 Å². The third kappa shape index (κ3) is 3.18. The number of aromatic amines is 2. The number of H-pyrrole nitrogens is 2. The molecule has 1 aliphatic rings. The summed E-state index contributed by atoms with van der Waals surface area (Å²) in [7, 11) is 0. The Morgan fingerprint density at radius 1 is 1.13 bits per heavy atom. The van der Waals surface area contributed by atoms with Crippen LogP contribution in [-0.4, -0.2) is 21.9 Å². The van der Waals surface area contributed by atoms with E-state index in [1.165, 1.54) is 5.56 Å². The van der Waals surface area contributed by atoms with Crippen LogP contribution in [0, 0.1) is 0 Å². The van der Waals surface area contributed by atoms with Gasteiger partial charge in [0.1, 0.15) is 11.4 Å². The van der Waals surface area contributed by atoms with Gasteiger partial charge in [0.15, 0.2) is 0 Å². The first-order chi connectivity index (χ1) is 11.0. The summed E-state index contributed by atoms with van der Waals surface area (Å²) < 4.78 is 0. The number of hydrogen-bond donors (Lipinski definition) is 4. The molecule has 0 saturated heterocycles. The van der Waals surface area contributed by atoms with E-state index >= 15 is 0 Å². The summed E-state index contributed by atoms with van der Waals surface area (Å²) in [5.41, 5.74) is 4.87. The van der Waals surface area contributed by atoms with Crippen LogP contribution in [0.1, 0.15) is 41.2 Å². The SMILES string of the molecule is Nc1c(C(=O)N[C@@H]2CC[C@H](c3ccccc3)C2)[nH]c(=O)[nH]c1=O. The van der Waals surface area contributed by atoms with E-state index in [9.17, 15) is 14.4 Å². The van der Waals surface area contributed by atoms with Crippen LogP contribution in [0.2, 0.25) is 0 Å². The van der Waals surface area contributed by atoms with Gasteiger partial charge < -0.3 is 16.0 Å². The number of aromatic nitrogens is 2. The minimum Gasteiger partial charge on any atom is -0.392 e. The minimum absolute atomic E-state index is 0.00473. The number of benzene rings is 1. The van der Waals surface area contributed by atoms with Crippen LogP contribution >= 0.6 is 0 Å². The molecule has 5 N–H and O–H groups in total. The molecule has 1 heterocycles. The molecule has 1 fully saturated rings. The van der Waals surface area contributed by atoms with E-state index in [2.05, 4.69) is 22.4 Å². The molecule has 7 heteroatoms. The first kappa shape index (κ1) is 15.1. The lowest BCUT2D eigenvalue weighted by Crippen LogP contribution is -2.37. The second-order valence-corrected chi connectivity index (χ2v) is 5.79. The summed E-state index contributed by atoms with van der Waals surface area (Å²) in [6.07, 6.45) is 2.65. The average Bonchev–Trinajstić information content (AvgIpc) is 3.00. The van der Waals surface area contributed by atoms with Crippen LogP contribution in [0.25, 0.3) is 0 Å². The molecule has 1 saturated carbocycles. The number of amides is 1. The Kier molecular flexibility index (Phi) is 4.01. The number of nitrogens with two attached hydrogens (primary N) is 1. The van der Waals surface area contributed by atoms with Gasteiger partial charge in [-0.15, -0.1) is 0 Å². The Morgan fingerprint density at radius 3 is 2.61 bits per heavy atom. The zero-order valence-electron chi connectivity index (χ0n) is 12.5. The summed E-state index contributed by atoms with van der Waals surface area (Å²) in [6.45, 7) is 0. The lowest BCUT2D eigenvalue weighted by molar-refractivity contribution is 0.0933. The topological polar surface area (TPSA) is 121 Å². The molecule has 0 radical (unpaired) electrons. The Hall–Kier alpha value is -2.83. The zero-order chi connectivity index (χ0) is 16.4. The molecular formula is C16H18N4O3. The smallest absolute Gasteiger partial charge is 0.326 e. The Labute approximate surface area is 131 Å². The molecular weight excluding hydrogens is 296 g/mol. The number of anilines is 1. The molecule has 1 aliphatic carbocycles. The summed E-state index contributed by atoms with van der Waals surface area (Å²) in [5.74, 6) is -0.124. The van der Waals surface area contributed by atoms with Crippen LogP contribution < -0.4 is 22.3 Å².